The lowest BCUT2D eigenvalue weighted by atomic mass is 9.91. The van der Waals surface area contributed by atoms with Crippen molar-refractivity contribution in [2.75, 3.05) is 31.5 Å². The Morgan fingerprint density at radius 1 is 1.10 bits per heavy atom. The molecule has 2 amide bonds. The largest absolute Gasteiger partial charge is 0.340 e. The van der Waals surface area contributed by atoms with Gasteiger partial charge < -0.3 is 10.2 Å². The molecule has 1 atom stereocenters. The Labute approximate surface area is 177 Å². The van der Waals surface area contributed by atoms with E-state index in [1.807, 2.05) is 4.90 Å². The molecule has 2 fully saturated rings. The predicted octanol–water partition coefficient (Wildman–Crippen LogP) is 4.04. The van der Waals surface area contributed by atoms with Gasteiger partial charge in [-0.25, -0.2) is 8.78 Å². The minimum absolute atomic E-state index is 0.00314. The molecule has 0 aromatic heterocycles. The van der Waals surface area contributed by atoms with E-state index in [-0.39, 0.29) is 34.9 Å². The predicted molar refractivity (Wildman–Crippen MR) is 113 cm³/mol. The Balaban J connectivity index is 1.67. The molecule has 1 aliphatic heterocycles. The molecular formula is C23H33F2N3O2. The first-order chi connectivity index (χ1) is 14.1. The number of anilines is 1. The Morgan fingerprint density at radius 2 is 1.73 bits per heavy atom. The van der Waals surface area contributed by atoms with Crippen molar-refractivity contribution in [3.63, 3.8) is 0 Å². The second-order valence-corrected chi connectivity index (χ2v) is 9.76. The van der Waals surface area contributed by atoms with Gasteiger partial charge in [0.05, 0.1) is 11.7 Å². The van der Waals surface area contributed by atoms with Crippen LogP contribution in [0.1, 0.15) is 52.9 Å². The lowest BCUT2D eigenvalue weighted by Crippen LogP contribution is -2.57. The van der Waals surface area contributed by atoms with E-state index in [1.54, 1.807) is 0 Å². The highest BCUT2D eigenvalue weighted by molar-refractivity contribution is 5.95. The molecule has 3 rings (SSSR count). The summed E-state index contributed by atoms with van der Waals surface area (Å²) in [6.45, 7) is 8.59. The normalized spacial score (nSPS) is 19.7. The first kappa shape index (κ1) is 22.7. The van der Waals surface area contributed by atoms with Crippen LogP contribution in [0.3, 0.4) is 0 Å². The molecule has 1 N–H and O–H groups in total. The topological polar surface area (TPSA) is 52.7 Å². The summed E-state index contributed by atoms with van der Waals surface area (Å²) < 4.78 is 27.2. The van der Waals surface area contributed by atoms with Crippen LogP contribution in [0.25, 0.3) is 0 Å². The van der Waals surface area contributed by atoms with Gasteiger partial charge in [-0.05, 0) is 36.3 Å². The van der Waals surface area contributed by atoms with Crippen molar-refractivity contribution in [3.05, 3.63) is 29.8 Å². The fraction of sp³-hybridized carbons (Fsp3) is 0.652. The molecule has 1 aromatic carbocycles. The zero-order valence-electron chi connectivity index (χ0n) is 18.2. The number of carbonyl (C=O) groups excluding carboxylic acids is 2. The monoisotopic (exact) mass is 421 g/mol. The van der Waals surface area contributed by atoms with Gasteiger partial charge in [-0.1, -0.05) is 33.6 Å². The lowest BCUT2D eigenvalue weighted by Gasteiger charge is -2.41. The van der Waals surface area contributed by atoms with Crippen LogP contribution < -0.4 is 5.32 Å². The number of halogens is 2. The molecular weight excluding hydrogens is 388 g/mol. The Morgan fingerprint density at radius 3 is 2.30 bits per heavy atom. The minimum Gasteiger partial charge on any atom is -0.340 e. The molecule has 30 heavy (non-hydrogen) atoms. The smallest absolute Gasteiger partial charge is 0.242 e. The van der Waals surface area contributed by atoms with Crippen LogP contribution in [0.2, 0.25) is 0 Å². The number of benzene rings is 1. The Bertz CT molecular complexity index is 764. The summed E-state index contributed by atoms with van der Waals surface area (Å²) in [6.07, 6.45) is 4.61. The van der Waals surface area contributed by atoms with Crippen LogP contribution in [0.15, 0.2) is 18.2 Å². The number of hydrogen-bond acceptors (Lipinski definition) is 3. The maximum Gasteiger partial charge on any atom is 0.242 e. The molecule has 1 aromatic rings. The molecule has 0 bridgehead atoms. The number of carbonyl (C=O) groups is 2. The SMILES string of the molecule is CC(C)(C)CC(=O)N1CCN([C@@H](C(=O)Nc2ccc(F)cc2F)C2CCCC2)CC1. The van der Waals surface area contributed by atoms with E-state index in [0.29, 0.717) is 32.6 Å². The number of hydrogen-bond donors (Lipinski definition) is 1. The summed E-state index contributed by atoms with van der Waals surface area (Å²) in [5, 5.41) is 2.67. The Kier molecular flexibility index (Phi) is 7.11. The van der Waals surface area contributed by atoms with Gasteiger partial charge in [-0.15, -0.1) is 0 Å². The van der Waals surface area contributed by atoms with Crippen LogP contribution >= 0.6 is 0 Å². The van der Waals surface area contributed by atoms with Gasteiger partial charge in [-0.2, -0.15) is 0 Å². The highest BCUT2D eigenvalue weighted by atomic mass is 19.1. The zero-order chi connectivity index (χ0) is 21.9. The average molecular weight is 422 g/mol. The zero-order valence-corrected chi connectivity index (χ0v) is 18.2. The molecule has 1 aliphatic carbocycles. The van der Waals surface area contributed by atoms with E-state index in [2.05, 4.69) is 31.0 Å². The molecule has 0 unspecified atom stereocenters. The van der Waals surface area contributed by atoms with Crippen LogP contribution in [-0.2, 0) is 9.59 Å². The van der Waals surface area contributed by atoms with E-state index >= 15 is 0 Å². The summed E-state index contributed by atoms with van der Waals surface area (Å²) >= 11 is 0. The van der Waals surface area contributed by atoms with Crippen LogP contribution in [-0.4, -0.2) is 53.8 Å². The highest BCUT2D eigenvalue weighted by Gasteiger charge is 2.37. The third kappa shape index (κ3) is 5.78. The van der Waals surface area contributed by atoms with Crippen LogP contribution in [0, 0.1) is 23.0 Å². The summed E-state index contributed by atoms with van der Waals surface area (Å²) in [6, 6.07) is 2.82. The van der Waals surface area contributed by atoms with Gasteiger partial charge >= 0.3 is 0 Å². The van der Waals surface area contributed by atoms with Crippen molar-refractivity contribution in [2.45, 2.75) is 58.9 Å². The maximum atomic E-state index is 14.1. The number of piperazine rings is 1. The summed E-state index contributed by atoms with van der Waals surface area (Å²) in [7, 11) is 0. The summed E-state index contributed by atoms with van der Waals surface area (Å²) in [5.41, 5.74) is -0.0527. The molecule has 1 saturated carbocycles. The van der Waals surface area contributed by atoms with E-state index in [1.165, 1.54) is 6.07 Å². The molecule has 2 aliphatic rings. The average Bonchev–Trinajstić information content (AvgIpc) is 3.17. The number of amides is 2. The van der Waals surface area contributed by atoms with Gasteiger partial charge in [0.15, 0.2) is 0 Å². The van der Waals surface area contributed by atoms with Crippen LogP contribution in [0.4, 0.5) is 14.5 Å². The maximum absolute atomic E-state index is 14.1. The molecule has 1 heterocycles. The van der Waals surface area contributed by atoms with E-state index < -0.39 is 11.6 Å². The molecule has 5 nitrogen and oxygen atoms in total. The van der Waals surface area contributed by atoms with E-state index in [9.17, 15) is 18.4 Å². The standard InChI is InChI=1S/C23H33F2N3O2/c1-23(2,3)15-20(29)27-10-12-28(13-11-27)21(16-6-4-5-7-16)22(30)26-19-9-8-17(24)14-18(19)25/h8-9,14,16,21H,4-7,10-13,15H2,1-3H3,(H,26,30)/t21-/m1/s1. The van der Waals surface area contributed by atoms with Crippen molar-refractivity contribution < 1.29 is 18.4 Å². The molecule has 7 heteroatoms. The quantitative estimate of drug-likeness (QED) is 0.781. The van der Waals surface area contributed by atoms with Gasteiger partial charge in [-0.3, -0.25) is 14.5 Å². The molecule has 166 valence electrons. The second-order valence-electron chi connectivity index (χ2n) is 9.76. The van der Waals surface area contributed by atoms with Gasteiger partial charge in [0.25, 0.3) is 0 Å². The van der Waals surface area contributed by atoms with E-state index in [4.69, 9.17) is 0 Å². The van der Waals surface area contributed by atoms with Crippen molar-refractivity contribution >= 4 is 17.5 Å². The Hall–Kier alpha value is -2.02. The highest BCUT2D eigenvalue weighted by Crippen LogP contribution is 2.32. The van der Waals surface area contributed by atoms with Crippen molar-refractivity contribution in [3.8, 4) is 0 Å². The van der Waals surface area contributed by atoms with Crippen molar-refractivity contribution in [2.24, 2.45) is 11.3 Å². The van der Waals surface area contributed by atoms with Gasteiger partial charge in [0.1, 0.15) is 11.6 Å². The number of nitrogens with one attached hydrogen (secondary N) is 1. The number of rotatable bonds is 5. The third-order valence-electron chi connectivity index (χ3n) is 6.05. The summed E-state index contributed by atoms with van der Waals surface area (Å²) in [4.78, 5) is 29.7. The van der Waals surface area contributed by atoms with Gasteiger partial charge in [0, 0.05) is 38.7 Å². The molecule has 0 spiro atoms. The minimum atomic E-state index is -0.772. The second kappa shape index (κ2) is 9.41. The van der Waals surface area contributed by atoms with E-state index in [0.717, 1.165) is 37.8 Å². The third-order valence-corrected chi connectivity index (χ3v) is 6.05. The fourth-order valence-corrected chi connectivity index (χ4v) is 4.56. The first-order valence-electron chi connectivity index (χ1n) is 10.9. The molecule has 1 saturated heterocycles. The van der Waals surface area contributed by atoms with Crippen molar-refractivity contribution in [1.82, 2.24) is 9.80 Å². The summed E-state index contributed by atoms with van der Waals surface area (Å²) in [5.74, 6) is -1.33. The fourth-order valence-electron chi connectivity index (χ4n) is 4.56. The first-order valence-corrected chi connectivity index (χ1v) is 10.9. The number of nitrogens with zero attached hydrogens (tertiary/aromatic N) is 2. The van der Waals surface area contributed by atoms with Crippen molar-refractivity contribution in [1.29, 1.82) is 0 Å². The molecule has 0 radical (unpaired) electrons. The van der Waals surface area contributed by atoms with Gasteiger partial charge in [0.2, 0.25) is 11.8 Å². The lowest BCUT2D eigenvalue weighted by molar-refractivity contribution is -0.136. The van der Waals surface area contributed by atoms with Crippen LogP contribution in [0.5, 0.6) is 0 Å².